The second-order valence-electron chi connectivity index (χ2n) is 5.43. The van der Waals surface area contributed by atoms with E-state index < -0.39 is 0 Å². The number of nitrogens with two attached hydrogens (primary N) is 1. The van der Waals surface area contributed by atoms with E-state index in [1.807, 2.05) is 0 Å². The van der Waals surface area contributed by atoms with Crippen LogP contribution in [-0.4, -0.2) is 30.1 Å². The molecular weight excluding hydrogens is 184 g/mol. The molecule has 15 heavy (non-hydrogen) atoms. The van der Waals surface area contributed by atoms with Crippen LogP contribution >= 0.6 is 0 Å². The van der Waals surface area contributed by atoms with E-state index in [0.717, 1.165) is 24.5 Å². The topological polar surface area (TPSA) is 29.3 Å². The highest BCUT2D eigenvalue weighted by molar-refractivity contribution is 4.89. The molecule has 0 bridgehead atoms. The molecule has 1 heterocycles. The van der Waals surface area contributed by atoms with Crippen molar-refractivity contribution < 1.29 is 0 Å². The molecule has 2 aliphatic rings. The molecule has 0 spiro atoms. The lowest BCUT2D eigenvalue weighted by molar-refractivity contribution is 0.119. The lowest BCUT2D eigenvalue weighted by Crippen LogP contribution is -2.45. The first-order valence-electron chi connectivity index (χ1n) is 6.78. The fourth-order valence-corrected chi connectivity index (χ4v) is 3.52. The van der Waals surface area contributed by atoms with Gasteiger partial charge in [0.05, 0.1) is 0 Å². The van der Waals surface area contributed by atoms with E-state index in [1.165, 1.54) is 51.5 Å². The monoisotopic (exact) mass is 210 g/mol. The number of nitrogens with zero attached hydrogens (tertiary/aromatic N) is 1. The summed E-state index contributed by atoms with van der Waals surface area (Å²) in [6.07, 6.45) is 9.82. The molecule has 2 rings (SSSR count). The van der Waals surface area contributed by atoms with Gasteiger partial charge in [0.15, 0.2) is 0 Å². The van der Waals surface area contributed by atoms with Crippen molar-refractivity contribution in [3.63, 3.8) is 0 Å². The first kappa shape index (κ1) is 11.4. The van der Waals surface area contributed by atoms with Gasteiger partial charge in [0.25, 0.3) is 0 Å². The van der Waals surface area contributed by atoms with Gasteiger partial charge in [0, 0.05) is 12.1 Å². The minimum Gasteiger partial charge on any atom is -0.330 e. The van der Waals surface area contributed by atoms with Crippen LogP contribution in [0.5, 0.6) is 0 Å². The van der Waals surface area contributed by atoms with Crippen molar-refractivity contribution in [3.8, 4) is 0 Å². The fraction of sp³-hybridized carbons (Fsp3) is 1.00. The number of hydrogen-bond donors (Lipinski definition) is 1. The Hall–Kier alpha value is -0.0800. The smallest absolute Gasteiger partial charge is 0.0138 e. The Kier molecular flexibility index (Phi) is 4.04. The standard InChI is InChI=1S/C13H26N2/c1-11-6-3-2-4-9-15(11)13-8-5-7-12(13)10-14/h11-13H,2-10,14H2,1H3. The van der Waals surface area contributed by atoms with Gasteiger partial charge >= 0.3 is 0 Å². The summed E-state index contributed by atoms with van der Waals surface area (Å²) in [4.78, 5) is 2.78. The number of likely N-dealkylation sites (tertiary alicyclic amines) is 1. The van der Waals surface area contributed by atoms with Crippen LogP contribution in [0.3, 0.4) is 0 Å². The van der Waals surface area contributed by atoms with Gasteiger partial charge in [-0.05, 0) is 51.6 Å². The molecule has 0 aromatic carbocycles. The third-order valence-electron chi connectivity index (χ3n) is 4.45. The van der Waals surface area contributed by atoms with Gasteiger partial charge in [-0.3, -0.25) is 4.90 Å². The van der Waals surface area contributed by atoms with Crippen LogP contribution in [0.1, 0.15) is 51.9 Å². The SMILES string of the molecule is CC1CCCCCN1C1CCCC1CN. The summed E-state index contributed by atoms with van der Waals surface area (Å²) in [7, 11) is 0. The van der Waals surface area contributed by atoms with E-state index in [1.54, 1.807) is 0 Å². The van der Waals surface area contributed by atoms with Gasteiger partial charge in [0.1, 0.15) is 0 Å². The summed E-state index contributed by atoms with van der Waals surface area (Å²) in [6, 6.07) is 1.60. The van der Waals surface area contributed by atoms with E-state index in [9.17, 15) is 0 Å². The molecule has 0 aromatic heterocycles. The van der Waals surface area contributed by atoms with Crippen LogP contribution in [-0.2, 0) is 0 Å². The highest BCUT2D eigenvalue weighted by Gasteiger charge is 2.33. The van der Waals surface area contributed by atoms with E-state index in [2.05, 4.69) is 11.8 Å². The summed E-state index contributed by atoms with van der Waals surface area (Å²) in [5, 5.41) is 0. The Morgan fingerprint density at radius 1 is 1.07 bits per heavy atom. The molecule has 3 atom stereocenters. The van der Waals surface area contributed by atoms with Gasteiger partial charge in [0.2, 0.25) is 0 Å². The molecule has 0 aromatic rings. The zero-order valence-electron chi connectivity index (χ0n) is 10.1. The summed E-state index contributed by atoms with van der Waals surface area (Å²) < 4.78 is 0. The minimum atomic E-state index is 0.783. The molecule has 1 saturated carbocycles. The van der Waals surface area contributed by atoms with Crippen LogP contribution < -0.4 is 5.73 Å². The van der Waals surface area contributed by atoms with Crippen LogP contribution in [0.4, 0.5) is 0 Å². The third kappa shape index (κ3) is 2.54. The average molecular weight is 210 g/mol. The molecular formula is C13H26N2. The Balaban J connectivity index is 1.99. The predicted octanol–water partition coefficient (Wildman–Crippen LogP) is 2.38. The van der Waals surface area contributed by atoms with Gasteiger partial charge in [-0.15, -0.1) is 0 Å². The molecule has 2 heteroatoms. The lowest BCUT2D eigenvalue weighted by Gasteiger charge is -2.36. The molecule has 88 valence electrons. The summed E-state index contributed by atoms with van der Waals surface area (Å²) in [5.74, 6) is 0.783. The zero-order valence-corrected chi connectivity index (χ0v) is 10.1. The molecule has 2 N–H and O–H groups in total. The molecule has 3 unspecified atom stereocenters. The first-order valence-corrected chi connectivity index (χ1v) is 6.78. The fourth-order valence-electron chi connectivity index (χ4n) is 3.52. The van der Waals surface area contributed by atoms with Crippen molar-refractivity contribution >= 4 is 0 Å². The molecule has 2 fully saturated rings. The van der Waals surface area contributed by atoms with E-state index in [4.69, 9.17) is 5.73 Å². The maximum Gasteiger partial charge on any atom is 0.0138 e. The van der Waals surface area contributed by atoms with Crippen LogP contribution in [0.2, 0.25) is 0 Å². The third-order valence-corrected chi connectivity index (χ3v) is 4.45. The highest BCUT2D eigenvalue weighted by Crippen LogP contribution is 2.32. The summed E-state index contributed by atoms with van der Waals surface area (Å²) >= 11 is 0. The number of hydrogen-bond acceptors (Lipinski definition) is 2. The van der Waals surface area contributed by atoms with Crippen molar-refractivity contribution in [3.05, 3.63) is 0 Å². The summed E-state index contributed by atoms with van der Waals surface area (Å²) in [5.41, 5.74) is 5.89. The van der Waals surface area contributed by atoms with Crippen molar-refractivity contribution in [1.29, 1.82) is 0 Å². The van der Waals surface area contributed by atoms with E-state index in [0.29, 0.717) is 0 Å². The van der Waals surface area contributed by atoms with Gasteiger partial charge < -0.3 is 5.73 Å². The highest BCUT2D eigenvalue weighted by atomic mass is 15.2. The number of rotatable bonds is 2. The molecule has 2 nitrogen and oxygen atoms in total. The summed E-state index contributed by atoms with van der Waals surface area (Å²) in [6.45, 7) is 4.63. The maximum absolute atomic E-state index is 5.89. The average Bonchev–Trinajstić information content (AvgIpc) is 2.61. The maximum atomic E-state index is 5.89. The molecule has 0 amide bonds. The van der Waals surface area contributed by atoms with E-state index >= 15 is 0 Å². The zero-order chi connectivity index (χ0) is 10.7. The first-order chi connectivity index (χ1) is 7.33. The van der Waals surface area contributed by atoms with Gasteiger partial charge in [-0.2, -0.15) is 0 Å². The van der Waals surface area contributed by atoms with Crippen molar-refractivity contribution in [2.24, 2.45) is 11.7 Å². The molecule has 1 aliphatic heterocycles. The van der Waals surface area contributed by atoms with Crippen molar-refractivity contribution in [1.82, 2.24) is 4.90 Å². The quantitative estimate of drug-likeness (QED) is 0.758. The van der Waals surface area contributed by atoms with Crippen molar-refractivity contribution in [2.75, 3.05) is 13.1 Å². The van der Waals surface area contributed by atoms with Crippen LogP contribution in [0.15, 0.2) is 0 Å². The lowest BCUT2D eigenvalue weighted by atomic mass is 10.00. The molecule has 1 aliphatic carbocycles. The van der Waals surface area contributed by atoms with Gasteiger partial charge in [-0.1, -0.05) is 19.3 Å². The van der Waals surface area contributed by atoms with Crippen LogP contribution in [0.25, 0.3) is 0 Å². The predicted molar refractivity (Wildman–Crippen MR) is 64.8 cm³/mol. The van der Waals surface area contributed by atoms with Crippen molar-refractivity contribution in [2.45, 2.75) is 64.0 Å². The Bertz CT molecular complexity index is 193. The van der Waals surface area contributed by atoms with Crippen LogP contribution in [0, 0.1) is 5.92 Å². The largest absolute Gasteiger partial charge is 0.330 e. The second kappa shape index (κ2) is 5.31. The normalized spacial score (nSPS) is 39.2. The Morgan fingerprint density at radius 2 is 1.93 bits per heavy atom. The molecule has 1 saturated heterocycles. The minimum absolute atomic E-state index is 0.783. The Labute approximate surface area is 94.2 Å². The van der Waals surface area contributed by atoms with Gasteiger partial charge in [-0.25, -0.2) is 0 Å². The van der Waals surface area contributed by atoms with E-state index in [-0.39, 0.29) is 0 Å². The Morgan fingerprint density at radius 3 is 2.73 bits per heavy atom. The second-order valence-corrected chi connectivity index (χ2v) is 5.43. The molecule has 0 radical (unpaired) electrons.